The van der Waals surface area contributed by atoms with Crippen LogP contribution in [0.15, 0.2) is 24.3 Å². The van der Waals surface area contributed by atoms with Crippen molar-refractivity contribution in [3.05, 3.63) is 38.5 Å². The quantitative estimate of drug-likeness (QED) is 0.540. The summed E-state index contributed by atoms with van der Waals surface area (Å²) in [7, 11) is 0. The first-order valence-corrected chi connectivity index (χ1v) is 9.79. The van der Waals surface area contributed by atoms with E-state index in [9.17, 15) is 10.2 Å². The molecule has 1 fully saturated rings. The van der Waals surface area contributed by atoms with Gasteiger partial charge in [0, 0.05) is 21.2 Å². The molecule has 2 bridgehead atoms. The average Bonchev–Trinajstić information content (AvgIpc) is 2.90. The van der Waals surface area contributed by atoms with Crippen LogP contribution in [0.1, 0.15) is 36.2 Å². The topological polar surface area (TPSA) is 40.5 Å². The van der Waals surface area contributed by atoms with Crippen molar-refractivity contribution in [3.8, 4) is 0 Å². The summed E-state index contributed by atoms with van der Waals surface area (Å²) in [4.78, 5) is 0. The van der Waals surface area contributed by atoms with Gasteiger partial charge in [0.05, 0.1) is 12.2 Å². The van der Waals surface area contributed by atoms with Crippen molar-refractivity contribution < 1.29 is 10.2 Å². The van der Waals surface area contributed by atoms with E-state index in [-0.39, 0.29) is 11.8 Å². The highest BCUT2D eigenvalue weighted by atomic mass is 32.2. The predicted molar refractivity (Wildman–Crippen MR) is 92.8 cm³/mol. The average molecular weight is 349 g/mol. The lowest BCUT2D eigenvalue weighted by Crippen LogP contribution is -2.46. The lowest BCUT2D eigenvalue weighted by atomic mass is 9.55. The number of hydrogen-bond donors (Lipinski definition) is 2. The number of hydrogen-bond acceptors (Lipinski definition) is 5. The number of aliphatic hydroxyl groups excluding tert-OH is 2. The Balaban J connectivity index is 1.74. The van der Waals surface area contributed by atoms with Gasteiger partial charge in [-0.05, 0) is 47.9 Å². The second-order valence-electron chi connectivity index (χ2n) is 6.72. The van der Waals surface area contributed by atoms with E-state index in [1.807, 2.05) is 0 Å². The van der Waals surface area contributed by atoms with Gasteiger partial charge in [-0.3, -0.25) is 0 Å². The Kier molecular flexibility index (Phi) is 2.96. The van der Waals surface area contributed by atoms with Crippen molar-refractivity contribution in [2.24, 2.45) is 23.7 Å². The van der Waals surface area contributed by atoms with Crippen LogP contribution in [-0.4, -0.2) is 10.2 Å². The molecule has 0 amide bonds. The Morgan fingerprint density at radius 3 is 1.73 bits per heavy atom. The molecule has 1 aromatic heterocycles. The van der Waals surface area contributed by atoms with Gasteiger partial charge in [0.25, 0.3) is 0 Å². The van der Waals surface area contributed by atoms with Gasteiger partial charge in [-0.1, -0.05) is 24.4 Å². The van der Waals surface area contributed by atoms with E-state index in [2.05, 4.69) is 24.3 Å². The van der Waals surface area contributed by atoms with E-state index in [4.69, 9.17) is 12.2 Å². The largest absolute Gasteiger partial charge is 0.388 e. The van der Waals surface area contributed by atoms with Gasteiger partial charge in [0.1, 0.15) is 3.14 Å². The van der Waals surface area contributed by atoms with E-state index in [0.29, 0.717) is 11.8 Å². The number of aliphatic hydroxyl groups is 2. The zero-order valence-corrected chi connectivity index (χ0v) is 14.3. The Labute approximate surface area is 141 Å². The number of benzene rings is 1. The molecule has 0 aliphatic heterocycles. The molecule has 0 spiro atoms. The van der Waals surface area contributed by atoms with Crippen LogP contribution in [0.4, 0.5) is 0 Å². The van der Waals surface area contributed by atoms with Gasteiger partial charge < -0.3 is 10.2 Å². The van der Waals surface area contributed by atoms with Crippen LogP contribution in [0.25, 0.3) is 9.40 Å². The van der Waals surface area contributed by atoms with Crippen molar-refractivity contribution in [2.75, 3.05) is 0 Å². The molecule has 4 aliphatic rings. The maximum absolute atomic E-state index is 11.0. The molecule has 6 atom stereocenters. The van der Waals surface area contributed by atoms with Gasteiger partial charge in [0.2, 0.25) is 0 Å². The van der Waals surface area contributed by atoms with Crippen LogP contribution < -0.4 is 0 Å². The predicted octanol–water partition coefficient (Wildman–Crippen LogP) is 4.60. The highest BCUT2D eigenvalue weighted by molar-refractivity contribution is 7.77. The maximum Gasteiger partial charge on any atom is 0.144 e. The first kappa shape index (κ1) is 13.8. The zero-order chi connectivity index (χ0) is 15.0. The van der Waals surface area contributed by atoms with Crippen LogP contribution in [0.2, 0.25) is 0 Å². The molecule has 6 unspecified atom stereocenters. The number of fused-ring (bicyclic) bond motifs is 3. The summed E-state index contributed by atoms with van der Waals surface area (Å²) >= 11 is 8.50. The van der Waals surface area contributed by atoms with Crippen LogP contribution in [0.5, 0.6) is 0 Å². The van der Waals surface area contributed by atoms with Crippen LogP contribution in [0, 0.1) is 26.8 Å². The summed E-state index contributed by atoms with van der Waals surface area (Å²) < 4.78 is 3.17. The third-order valence-corrected chi connectivity index (χ3v) is 8.35. The van der Waals surface area contributed by atoms with Gasteiger partial charge >= 0.3 is 0 Å². The molecular formula is C17H16O2S3. The second kappa shape index (κ2) is 4.71. The van der Waals surface area contributed by atoms with Crippen molar-refractivity contribution in [1.29, 1.82) is 0 Å². The van der Waals surface area contributed by atoms with Crippen LogP contribution >= 0.6 is 34.9 Å². The van der Waals surface area contributed by atoms with Crippen molar-refractivity contribution in [1.82, 2.24) is 0 Å². The molecule has 2 aromatic rings. The third kappa shape index (κ3) is 1.74. The van der Waals surface area contributed by atoms with E-state index in [1.54, 1.807) is 22.7 Å². The molecule has 6 rings (SSSR count). The minimum Gasteiger partial charge on any atom is -0.388 e. The molecule has 0 saturated heterocycles. The summed E-state index contributed by atoms with van der Waals surface area (Å²) in [6.07, 6.45) is 5.88. The Morgan fingerprint density at radius 2 is 1.32 bits per heavy atom. The molecule has 1 aromatic carbocycles. The monoisotopic (exact) mass is 348 g/mol. The molecule has 114 valence electrons. The Bertz CT molecular complexity index is 783. The molecule has 0 radical (unpaired) electrons. The summed E-state index contributed by atoms with van der Waals surface area (Å²) in [5.74, 6) is 1.14. The lowest BCUT2D eigenvalue weighted by molar-refractivity contribution is -0.0777. The van der Waals surface area contributed by atoms with Gasteiger partial charge in [-0.25, -0.2) is 0 Å². The molecular weight excluding hydrogens is 332 g/mol. The summed E-state index contributed by atoms with van der Waals surface area (Å²) in [6, 6.07) is 4.13. The van der Waals surface area contributed by atoms with Crippen LogP contribution in [0.3, 0.4) is 0 Å². The minimum atomic E-state index is -0.466. The van der Waals surface area contributed by atoms with Gasteiger partial charge in [-0.2, -0.15) is 0 Å². The fourth-order valence-corrected chi connectivity index (χ4v) is 7.39. The maximum atomic E-state index is 11.0. The van der Waals surface area contributed by atoms with E-state index < -0.39 is 12.2 Å². The number of allylic oxidation sites excluding steroid dienone is 2. The fourth-order valence-electron chi connectivity index (χ4n) is 4.84. The Morgan fingerprint density at radius 1 is 0.864 bits per heavy atom. The third-order valence-electron chi connectivity index (χ3n) is 5.77. The van der Waals surface area contributed by atoms with E-state index >= 15 is 0 Å². The molecule has 5 heteroatoms. The summed E-state index contributed by atoms with van der Waals surface area (Å²) in [5.41, 5.74) is 1.84. The normalized spacial score (nSPS) is 39.0. The standard InChI is InChI=1S/C17H16O2S3/c18-15-9-5-11-12(22-17(20)21-11)6-10(9)16(19)14-8-2-1-7(3-4-8)13(14)15/h1-2,5-8,13-16,18-19H,3-4H2. The highest BCUT2D eigenvalue weighted by Crippen LogP contribution is 2.58. The van der Waals surface area contributed by atoms with Gasteiger partial charge in [0.15, 0.2) is 0 Å². The summed E-state index contributed by atoms with van der Waals surface area (Å²) in [6.45, 7) is 0. The van der Waals surface area contributed by atoms with Crippen LogP contribution in [-0.2, 0) is 0 Å². The molecule has 2 nitrogen and oxygen atoms in total. The lowest BCUT2D eigenvalue weighted by Gasteiger charge is -2.52. The number of rotatable bonds is 0. The van der Waals surface area contributed by atoms with Crippen molar-refractivity contribution >= 4 is 44.3 Å². The smallest absolute Gasteiger partial charge is 0.144 e. The van der Waals surface area contributed by atoms with Crippen molar-refractivity contribution in [3.63, 3.8) is 0 Å². The summed E-state index contributed by atoms with van der Waals surface area (Å²) in [5, 5.41) is 22.0. The fraction of sp³-hybridized carbons (Fsp3) is 0.471. The van der Waals surface area contributed by atoms with Crippen molar-refractivity contribution in [2.45, 2.75) is 25.0 Å². The first-order chi connectivity index (χ1) is 10.6. The first-order valence-electron chi connectivity index (χ1n) is 7.75. The van der Waals surface area contributed by atoms with E-state index in [0.717, 1.165) is 36.5 Å². The van der Waals surface area contributed by atoms with E-state index in [1.165, 1.54) is 0 Å². The molecule has 2 N–H and O–H groups in total. The molecule has 1 saturated carbocycles. The zero-order valence-electron chi connectivity index (χ0n) is 11.8. The molecule has 22 heavy (non-hydrogen) atoms. The Hall–Kier alpha value is -0.590. The molecule has 4 aliphatic carbocycles. The molecule has 1 heterocycles. The highest BCUT2D eigenvalue weighted by Gasteiger charge is 2.51. The second-order valence-corrected chi connectivity index (χ2v) is 10.0. The van der Waals surface area contributed by atoms with Gasteiger partial charge in [-0.15, -0.1) is 22.7 Å². The SMILES string of the molecule is OC1c2cc3sc(=S)sc3cc2C(O)C2C3C=CC(CC3)C12. The minimum absolute atomic E-state index is 0.162.